The highest BCUT2D eigenvalue weighted by Crippen LogP contribution is 2.23. The maximum absolute atomic E-state index is 12.0. The van der Waals surface area contributed by atoms with E-state index < -0.39 is 23.5 Å². The number of carbonyl (C=O) groups excluding carboxylic acids is 1. The van der Waals surface area contributed by atoms with Crippen molar-refractivity contribution in [3.05, 3.63) is 40.2 Å². The summed E-state index contributed by atoms with van der Waals surface area (Å²) in [6.45, 7) is 5.17. The number of fused-ring (bicyclic) bond motifs is 1. The van der Waals surface area contributed by atoms with Crippen molar-refractivity contribution in [3.8, 4) is 5.75 Å². The minimum atomic E-state index is -1.09. The van der Waals surface area contributed by atoms with E-state index in [1.807, 2.05) is 0 Å². The number of amides is 1. The molecule has 2 N–H and O–H groups in total. The predicted molar refractivity (Wildman–Crippen MR) is 101 cm³/mol. The molecule has 1 amide bonds. The molecule has 0 radical (unpaired) electrons. The van der Waals surface area contributed by atoms with E-state index in [1.165, 1.54) is 6.07 Å². The fourth-order valence-electron chi connectivity index (χ4n) is 2.75. The Balaban J connectivity index is 2.10. The number of carboxylic acids is 1. The average Bonchev–Trinajstić information content (AvgIpc) is 2.61. The smallest absolute Gasteiger partial charge is 0.336 e. The van der Waals surface area contributed by atoms with Gasteiger partial charge in [-0.25, -0.2) is 9.59 Å². The molecule has 0 aliphatic heterocycles. The normalized spacial score (nSPS) is 12.1. The van der Waals surface area contributed by atoms with Crippen LogP contribution in [0.4, 0.5) is 0 Å². The molecule has 1 heterocycles. The quantitative estimate of drug-likeness (QED) is 0.653. The van der Waals surface area contributed by atoms with E-state index in [4.69, 9.17) is 14.3 Å². The number of benzene rings is 1. The van der Waals surface area contributed by atoms with Gasteiger partial charge < -0.3 is 19.6 Å². The number of carbonyl (C=O) groups is 2. The van der Waals surface area contributed by atoms with Crippen LogP contribution in [0.1, 0.15) is 39.2 Å². The van der Waals surface area contributed by atoms with Crippen LogP contribution in [-0.4, -0.2) is 29.6 Å². The first-order valence-corrected chi connectivity index (χ1v) is 9.03. The third-order valence-electron chi connectivity index (χ3n) is 4.22. The minimum Gasteiger partial charge on any atom is -0.484 e. The summed E-state index contributed by atoms with van der Waals surface area (Å²) < 4.78 is 10.7. The highest BCUT2D eigenvalue weighted by molar-refractivity contribution is 5.85. The van der Waals surface area contributed by atoms with Gasteiger partial charge >= 0.3 is 11.6 Å². The summed E-state index contributed by atoms with van der Waals surface area (Å²) in [5.74, 6) is -1.51. The standard InChI is InChI=1S/C20H25NO6/c1-4-5-6-13-9-18(23)27-16-10-14(7-8-15(13)16)26-11-17(22)21-19(12(2)3)20(24)25/h7-10,12,19H,4-6,11H2,1-3H3,(H,21,22)(H,24,25)/t19-/m0/s1. The molecule has 0 aliphatic rings. The van der Waals surface area contributed by atoms with E-state index in [1.54, 1.807) is 32.0 Å². The molecule has 0 bridgehead atoms. The fraction of sp³-hybridized carbons (Fsp3) is 0.450. The van der Waals surface area contributed by atoms with E-state index in [-0.39, 0.29) is 12.5 Å². The molecule has 1 atom stereocenters. The Bertz CT molecular complexity index is 870. The van der Waals surface area contributed by atoms with Crippen molar-refractivity contribution in [1.29, 1.82) is 0 Å². The highest BCUT2D eigenvalue weighted by Gasteiger charge is 2.23. The Hall–Kier alpha value is -2.83. The molecule has 2 rings (SSSR count). The summed E-state index contributed by atoms with van der Waals surface area (Å²) in [6, 6.07) is 5.59. The molecule has 7 nitrogen and oxygen atoms in total. The zero-order valence-corrected chi connectivity index (χ0v) is 15.8. The third kappa shape index (κ3) is 5.57. The molecule has 0 saturated heterocycles. The van der Waals surface area contributed by atoms with Crippen LogP contribution in [0, 0.1) is 5.92 Å². The number of hydrogen-bond acceptors (Lipinski definition) is 5. The Morgan fingerprint density at radius 1 is 1.26 bits per heavy atom. The van der Waals surface area contributed by atoms with Crippen LogP contribution in [-0.2, 0) is 16.0 Å². The van der Waals surface area contributed by atoms with Crippen molar-refractivity contribution in [3.63, 3.8) is 0 Å². The van der Waals surface area contributed by atoms with Gasteiger partial charge in [-0.3, -0.25) is 4.79 Å². The lowest BCUT2D eigenvalue weighted by Gasteiger charge is -2.18. The summed E-state index contributed by atoms with van der Waals surface area (Å²) in [4.78, 5) is 34.9. The number of hydrogen-bond donors (Lipinski definition) is 2. The van der Waals surface area contributed by atoms with E-state index in [2.05, 4.69) is 12.2 Å². The third-order valence-corrected chi connectivity index (χ3v) is 4.22. The summed E-state index contributed by atoms with van der Waals surface area (Å²) in [6.07, 6.45) is 2.77. The first-order chi connectivity index (χ1) is 12.8. The van der Waals surface area contributed by atoms with Crippen LogP contribution < -0.4 is 15.7 Å². The number of aliphatic carboxylic acids is 1. The van der Waals surface area contributed by atoms with Gasteiger partial charge in [-0.15, -0.1) is 0 Å². The van der Waals surface area contributed by atoms with Gasteiger partial charge in [0.1, 0.15) is 17.4 Å². The zero-order valence-electron chi connectivity index (χ0n) is 15.8. The van der Waals surface area contributed by atoms with Gasteiger partial charge in [0.25, 0.3) is 5.91 Å². The molecular formula is C20H25NO6. The first kappa shape index (κ1) is 20.5. The lowest BCUT2D eigenvalue weighted by molar-refractivity contribution is -0.143. The zero-order chi connectivity index (χ0) is 20.0. The number of unbranched alkanes of at least 4 members (excludes halogenated alkanes) is 1. The minimum absolute atomic E-state index is 0.247. The average molecular weight is 375 g/mol. The molecular weight excluding hydrogens is 350 g/mol. The molecule has 2 aromatic rings. The largest absolute Gasteiger partial charge is 0.484 e. The maximum Gasteiger partial charge on any atom is 0.336 e. The second kappa shape index (κ2) is 9.21. The number of ether oxygens (including phenoxy) is 1. The van der Waals surface area contributed by atoms with E-state index >= 15 is 0 Å². The van der Waals surface area contributed by atoms with Gasteiger partial charge in [-0.1, -0.05) is 27.2 Å². The van der Waals surface area contributed by atoms with Gasteiger partial charge in [-0.2, -0.15) is 0 Å². The Morgan fingerprint density at radius 2 is 2.00 bits per heavy atom. The van der Waals surface area contributed by atoms with Crippen LogP contribution >= 0.6 is 0 Å². The highest BCUT2D eigenvalue weighted by atomic mass is 16.5. The molecule has 0 aliphatic carbocycles. The van der Waals surface area contributed by atoms with Gasteiger partial charge in [0.05, 0.1) is 0 Å². The van der Waals surface area contributed by atoms with Crippen molar-refractivity contribution < 1.29 is 23.8 Å². The SMILES string of the molecule is CCCCc1cc(=O)oc2cc(OCC(=O)N[C@H](C(=O)O)C(C)C)ccc12. The molecule has 0 fully saturated rings. The van der Waals surface area contributed by atoms with Crippen LogP contribution in [0.15, 0.2) is 33.5 Å². The number of rotatable bonds is 9. The summed E-state index contributed by atoms with van der Waals surface area (Å²) in [5, 5.41) is 12.4. The first-order valence-electron chi connectivity index (χ1n) is 9.03. The number of nitrogens with one attached hydrogen (secondary N) is 1. The Kier molecular flexibility index (Phi) is 6.98. The molecule has 146 valence electrons. The predicted octanol–water partition coefficient (Wildman–Crippen LogP) is 2.74. The Morgan fingerprint density at radius 3 is 2.63 bits per heavy atom. The maximum atomic E-state index is 12.0. The van der Waals surface area contributed by atoms with Crippen molar-refractivity contribution in [1.82, 2.24) is 5.32 Å². The monoisotopic (exact) mass is 375 g/mol. The molecule has 1 aromatic heterocycles. The second-order valence-corrected chi connectivity index (χ2v) is 6.77. The van der Waals surface area contributed by atoms with Crippen molar-refractivity contribution in [2.45, 2.75) is 46.1 Å². The second-order valence-electron chi connectivity index (χ2n) is 6.77. The Labute approximate surface area is 157 Å². The van der Waals surface area contributed by atoms with E-state index in [9.17, 15) is 14.4 Å². The van der Waals surface area contributed by atoms with Crippen LogP contribution in [0.2, 0.25) is 0 Å². The van der Waals surface area contributed by atoms with Crippen molar-refractivity contribution >= 4 is 22.8 Å². The number of carboxylic acid groups (broad SMARTS) is 1. The summed E-state index contributed by atoms with van der Waals surface area (Å²) in [5.41, 5.74) is 0.899. The summed E-state index contributed by atoms with van der Waals surface area (Å²) >= 11 is 0. The van der Waals surface area contributed by atoms with E-state index in [0.29, 0.717) is 11.3 Å². The lowest BCUT2D eigenvalue weighted by Crippen LogP contribution is -2.46. The van der Waals surface area contributed by atoms with Gasteiger partial charge in [0.2, 0.25) is 0 Å². The summed E-state index contributed by atoms with van der Waals surface area (Å²) in [7, 11) is 0. The van der Waals surface area contributed by atoms with Gasteiger partial charge in [0, 0.05) is 17.5 Å². The van der Waals surface area contributed by atoms with Crippen LogP contribution in [0.5, 0.6) is 5.75 Å². The molecule has 1 aromatic carbocycles. The van der Waals surface area contributed by atoms with Gasteiger partial charge in [-0.05, 0) is 36.5 Å². The van der Waals surface area contributed by atoms with E-state index in [0.717, 1.165) is 30.2 Å². The molecule has 0 unspecified atom stereocenters. The van der Waals surface area contributed by atoms with Crippen molar-refractivity contribution in [2.24, 2.45) is 5.92 Å². The molecule has 27 heavy (non-hydrogen) atoms. The lowest BCUT2D eigenvalue weighted by atomic mass is 10.0. The number of aryl methyl sites for hydroxylation is 1. The van der Waals surface area contributed by atoms with Crippen molar-refractivity contribution in [2.75, 3.05) is 6.61 Å². The molecule has 0 saturated carbocycles. The fourth-order valence-corrected chi connectivity index (χ4v) is 2.75. The molecule has 0 spiro atoms. The van der Waals surface area contributed by atoms with Gasteiger partial charge in [0.15, 0.2) is 6.61 Å². The van der Waals surface area contributed by atoms with Crippen LogP contribution in [0.25, 0.3) is 11.0 Å². The van der Waals surface area contributed by atoms with Crippen LogP contribution in [0.3, 0.4) is 0 Å². The topological polar surface area (TPSA) is 106 Å². The molecule has 7 heteroatoms.